The summed E-state index contributed by atoms with van der Waals surface area (Å²) >= 11 is 1.74. The second kappa shape index (κ2) is 3.99. The van der Waals surface area contributed by atoms with Gasteiger partial charge in [-0.25, -0.2) is 4.98 Å². The van der Waals surface area contributed by atoms with Gasteiger partial charge in [-0.1, -0.05) is 6.92 Å². The van der Waals surface area contributed by atoms with Crippen LogP contribution in [0, 0.1) is 18.8 Å². The molecule has 2 rings (SSSR count). The minimum Gasteiger partial charge on any atom is -0.327 e. The van der Waals surface area contributed by atoms with Gasteiger partial charge < -0.3 is 5.73 Å². The van der Waals surface area contributed by atoms with E-state index in [1.54, 1.807) is 11.3 Å². The van der Waals surface area contributed by atoms with E-state index in [4.69, 9.17) is 5.73 Å². The Morgan fingerprint density at radius 3 is 2.86 bits per heavy atom. The number of nitrogens with zero attached hydrogens (tertiary/aromatic N) is 1. The van der Waals surface area contributed by atoms with Gasteiger partial charge in [-0.05, 0) is 31.6 Å². The predicted molar refractivity (Wildman–Crippen MR) is 60.4 cm³/mol. The molecule has 2 nitrogen and oxygen atoms in total. The van der Waals surface area contributed by atoms with Gasteiger partial charge in [0.15, 0.2) is 0 Å². The van der Waals surface area contributed by atoms with Crippen LogP contribution in [0.25, 0.3) is 0 Å². The standard InChI is InChI=1S/C11H18N2S/c1-7-6-14-11(13-7)5-10(12)8(2)9-3-4-9/h6,8-10H,3-5,12H2,1-2H3. The Morgan fingerprint density at radius 2 is 2.36 bits per heavy atom. The number of thiazole rings is 1. The zero-order valence-corrected chi connectivity index (χ0v) is 9.68. The molecule has 2 unspecified atom stereocenters. The second-order valence-corrected chi connectivity index (χ2v) is 5.39. The lowest BCUT2D eigenvalue weighted by Crippen LogP contribution is -2.31. The van der Waals surface area contributed by atoms with Gasteiger partial charge in [-0.3, -0.25) is 0 Å². The maximum Gasteiger partial charge on any atom is 0.0943 e. The zero-order chi connectivity index (χ0) is 10.1. The molecule has 1 aliphatic rings. The van der Waals surface area contributed by atoms with Crippen LogP contribution in [0.15, 0.2) is 5.38 Å². The normalized spacial score (nSPS) is 20.8. The molecule has 1 aromatic rings. The summed E-state index contributed by atoms with van der Waals surface area (Å²) < 4.78 is 0. The summed E-state index contributed by atoms with van der Waals surface area (Å²) in [7, 11) is 0. The van der Waals surface area contributed by atoms with Gasteiger partial charge in [0.05, 0.1) is 5.01 Å². The molecule has 0 spiro atoms. The smallest absolute Gasteiger partial charge is 0.0943 e. The average molecular weight is 210 g/mol. The van der Waals surface area contributed by atoms with Crippen LogP contribution < -0.4 is 5.73 Å². The van der Waals surface area contributed by atoms with Crippen molar-refractivity contribution in [3.63, 3.8) is 0 Å². The maximum absolute atomic E-state index is 6.17. The molecule has 2 atom stereocenters. The minimum absolute atomic E-state index is 0.299. The van der Waals surface area contributed by atoms with Crippen LogP contribution >= 0.6 is 11.3 Å². The number of hydrogen-bond donors (Lipinski definition) is 1. The van der Waals surface area contributed by atoms with E-state index in [9.17, 15) is 0 Å². The Morgan fingerprint density at radius 1 is 1.64 bits per heavy atom. The first-order valence-corrected chi connectivity index (χ1v) is 6.21. The van der Waals surface area contributed by atoms with Crippen LogP contribution in [-0.4, -0.2) is 11.0 Å². The lowest BCUT2D eigenvalue weighted by Gasteiger charge is -2.17. The predicted octanol–water partition coefficient (Wildman–Crippen LogP) is 2.37. The molecule has 78 valence electrons. The summed E-state index contributed by atoms with van der Waals surface area (Å²) in [5.41, 5.74) is 7.29. The van der Waals surface area contributed by atoms with Crippen LogP contribution in [0.4, 0.5) is 0 Å². The minimum atomic E-state index is 0.299. The molecule has 0 saturated heterocycles. The van der Waals surface area contributed by atoms with E-state index in [-0.39, 0.29) is 0 Å². The van der Waals surface area contributed by atoms with Crippen molar-refractivity contribution in [2.24, 2.45) is 17.6 Å². The van der Waals surface area contributed by atoms with E-state index in [1.807, 2.05) is 6.92 Å². The second-order valence-electron chi connectivity index (χ2n) is 4.45. The topological polar surface area (TPSA) is 38.9 Å². The molecule has 2 N–H and O–H groups in total. The lowest BCUT2D eigenvalue weighted by atomic mass is 9.95. The van der Waals surface area contributed by atoms with Crippen LogP contribution in [0.1, 0.15) is 30.5 Å². The molecule has 1 aliphatic carbocycles. The molecular formula is C11H18N2S. The molecule has 1 heterocycles. The molecule has 0 amide bonds. The first-order chi connectivity index (χ1) is 6.66. The van der Waals surface area contributed by atoms with Crippen molar-refractivity contribution in [1.82, 2.24) is 4.98 Å². The Kier molecular flexibility index (Phi) is 2.88. The first-order valence-electron chi connectivity index (χ1n) is 5.33. The molecule has 1 aromatic heterocycles. The molecule has 3 heteroatoms. The zero-order valence-electron chi connectivity index (χ0n) is 8.86. The first kappa shape index (κ1) is 10.1. The number of aryl methyl sites for hydroxylation is 1. The summed E-state index contributed by atoms with van der Waals surface area (Å²) in [5.74, 6) is 1.56. The molecule has 0 radical (unpaired) electrons. The third-order valence-electron chi connectivity index (χ3n) is 3.12. The van der Waals surface area contributed by atoms with Crippen molar-refractivity contribution in [1.29, 1.82) is 0 Å². The molecule has 0 bridgehead atoms. The Bertz CT molecular complexity index is 304. The molecule has 14 heavy (non-hydrogen) atoms. The molecular weight excluding hydrogens is 192 g/mol. The Labute approximate surface area is 89.5 Å². The summed E-state index contributed by atoms with van der Waals surface area (Å²) in [6.07, 6.45) is 3.72. The average Bonchev–Trinajstić information content (AvgIpc) is 2.91. The third-order valence-corrected chi connectivity index (χ3v) is 4.11. The summed E-state index contributed by atoms with van der Waals surface area (Å²) in [6.45, 7) is 4.32. The van der Waals surface area contributed by atoms with Crippen molar-refractivity contribution in [2.75, 3.05) is 0 Å². The van der Waals surface area contributed by atoms with Crippen LogP contribution in [-0.2, 0) is 6.42 Å². The quantitative estimate of drug-likeness (QED) is 0.828. The van der Waals surface area contributed by atoms with E-state index in [2.05, 4.69) is 17.3 Å². The van der Waals surface area contributed by atoms with Crippen LogP contribution in [0.2, 0.25) is 0 Å². The van der Waals surface area contributed by atoms with Crippen molar-refractivity contribution in [3.8, 4) is 0 Å². The van der Waals surface area contributed by atoms with Crippen molar-refractivity contribution >= 4 is 11.3 Å². The van der Waals surface area contributed by atoms with Gasteiger partial charge in [0.25, 0.3) is 0 Å². The highest BCUT2D eigenvalue weighted by atomic mass is 32.1. The molecule has 1 saturated carbocycles. The summed E-state index contributed by atoms with van der Waals surface area (Å²) in [6, 6.07) is 0.299. The van der Waals surface area contributed by atoms with Crippen molar-refractivity contribution < 1.29 is 0 Å². The van der Waals surface area contributed by atoms with Gasteiger partial charge in [-0.15, -0.1) is 11.3 Å². The highest BCUT2D eigenvalue weighted by Crippen LogP contribution is 2.38. The highest BCUT2D eigenvalue weighted by molar-refractivity contribution is 7.09. The number of aromatic nitrogens is 1. The van der Waals surface area contributed by atoms with Crippen LogP contribution in [0.3, 0.4) is 0 Å². The van der Waals surface area contributed by atoms with E-state index >= 15 is 0 Å². The maximum atomic E-state index is 6.17. The van der Waals surface area contributed by atoms with Crippen LogP contribution in [0.5, 0.6) is 0 Å². The Balaban J connectivity index is 1.89. The Hall–Kier alpha value is -0.410. The third kappa shape index (κ3) is 2.34. The SMILES string of the molecule is Cc1csc(CC(N)C(C)C2CC2)n1. The van der Waals surface area contributed by atoms with Crippen molar-refractivity contribution in [3.05, 3.63) is 16.1 Å². The molecule has 0 aromatic carbocycles. The number of rotatable bonds is 4. The number of nitrogens with two attached hydrogens (primary N) is 1. The van der Waals surface area contributed by atoms with Gasteiger partial charge in [0.1, 0.15) is 0 Å². The van der Waals surface area contributed by atoms with Gasteiger partial charge in [-0.2, -0.15) is 0 Å². The fourth-order valence-electron chi connectivity index (χ4n) is 1.86. The summed E-state index contributed by atoms with van der Waals surface area (Å²) in [5, 5.41) is 3.30. The van der Waals surface area contributed by atoms with Crippen molar-refractivity contribution in [2.45, 2.75) is 39.2 Å². The van der Waals surface area contributed by atoms with E-state index in [0.29, 0.717) is 12.0 Å². The fraction of sp³-hybridized carbons (Fsp3) is 0.727. The fourth-order valence-corrected chi connectivity index (χ4v) is 2.70. The van der Waals surface area contributed by atoms with E-state index in [1.165, 1.54) is 17.8 Å². The molecule has 1 fully saturated rings. The molecule has 0 aliphatic heterocycles. The monoisotopic (exact) mass is 210 g/mol. The van der Waals surface area contributed by atoms with Gasteiger partial charge >= 0.3 is 0 Å². The highest BCUT2D eigenvalue weighted by Gasteiger charge is 2.31. The number of hydrogen-bond acceptors (Lipinski definition) is 3. The van der Waals surface area contributed by atoms with Gasteiger partial charge in [0.2, 0.25) is 0 Å². The lowest BCUT2D eigenvalue weighted by molar-refractivity contribution is 0.404. The summed E-state index contributed by atoms with van der Waals surface area (Å²) in [4.78, 5) is 4.45. The van der Waals surface area contributed by atoms with E-state index in [0.717, 1.165) is 18.0 Å². The van der Waals surface area contributed by atoms with E-state index < -0.39 is 0 Å². The van der Waals surface area contributed by atoms with Gasteiger partial charge in [0, 0.05) is 23.5 Å². The largest absolute Gasteiger partial charge is 0.327 e.